The van der Waals surface area contributed by atoms with Crippen LogP contribution in [0.3, 0.4) is 0 Å². The average Bonchev–Trinajstić information content (AvgIpc) is 3.24. The lowest BCUT2D eigenvalue weighted by Gasteiger charge is -2.13. The molecule has 1 aromatic rings. The van der Waals surface area contributed by atoms with Crippen LogP contribution in [0.2, 0.25) is 10.0 Å². The lowest BCUT2D eigenvalue weighted by atomic mass is 9.85. The van der Waals surface area contributed by atoms with E-state index in [9.17, 15) is 9.59 Å². The second-order valence-corrected chi connectivity index (χ2v) is 7.29. The van der Waals surface area contributed by atoms with Gasteiger partial charge >= 0.3 is 0 Å². The molecule has 1 saturated heterocycles. The minimum absolute atomic E-state index is 0.168. The van der Waals surface area contributed by atoms with Crippen LogP contribution in [0.4, 0.5) is 0 Å². The summed E-state index contributed by atoms with van der Waals surface area (Å²) in [6, 6.07) is 3.28. The van der Waals surface area contributed by atoms with Gasteiger partial charge in [-0.25, -0.2) is 0 Å². The molecule has 2 fully saturated rings. The van der Waals surface area contributed by atoms with Crippen LogP contribution in [0.5, 0.6) is 5.75 Å². The summed E-state index contributed by atoms with van der Waals surface area (Å²) in [4.78, 5) is 25.1. The van der Waals surface area contributed by atoms with Gasteiger partial charge < -0.3 is 4.74 Å². The lowest BCUT2D eigenvalue weighted by molar-refractivity contribution is -0.140. The van der Waals surface area contributed by atoms with Gasteiger partial charge in [0.1, 0.15) is 0 Å². The van der Waals surface area contributed by atoms with Crippen molar-refractivity contribution in [1.29, 1.82) is 0 Å². The number of carbonyl (C=O) groups is 2. The standard InChI is InChI=1S/C18H16Cl2N2O3/c1-2-25-16-12(19)5-9(6-13(16)20)8-21-22-17(23)14-10-3-4-11(7-10)15(14)18(22)24/h3-6,8,10-11,14-15H,2,7H2,1H3. The van der Waals surface area contributed by atoms with Gasteiger partial charge in [-0.1, -0.05) is 35.4 Å². The molecule has 2 amide bonds. The molecule has 4 rings (SSSR count). The maximum absolute atomic E-state index is 12.6. The van der Waals surface area contributed by atoms with Crippen molar-refractivity contribution in [3.63, 3.8) is 0 Å². The molecule has 4 atom stereocenters. The first kappa shape index (κ1) is 16.6. The fourth-order valence-electron chi connectivity index (χ4n) is 4.06. The molecule has 1 aromatic carbocycles. The Hall–Kier alpha value is -1.85. The predicted molar refractivity (Wildman–Crippen MR) is 94.8 cm³/mol. The number of halogens is 2. The van der Waals surface area contributed by atoms with Crippen LogP contribution in [0.25, 0.3) is 0 Å². The molecule has 0 radical (unpaired) electrons. The van der Waals surface area contributed by atoms with Gasteiger partial charge in [0.15, 0.2) is 5.75 Å². The maximum Gasteiger partial charge on any atom is 0.254 e. The van der Waals surface area contributed by atoms with Crippen molar-refractivity contribution in [3.8, 4) is 5.75 Å². The largest absolute Gasteiger partial charge is 0.491 e. The van der Waals surface area contributed by atoms with Crippen LogP contribution >= 0.6 is 23.2 Å². The second kappa shape index (κ2) is 6.15. The highest BCUT2D eigenvalue weighted by Crippen LogP contribution is 2.52. The van der Waals surface area contributed by atoms with Gasteiger partial charge in [-0.15, -0.1) is 0 Å². The number of nitrogens with zero attached hydrogens (tertiary/aromatic N) is 2. The first-order valence-electron chi connectivity index (χ1n) is 8.23. The Morgan fingerprint density at radius 3 is 2.24 bits per heavy atom. The number of hydrogen-bond donors (Lipinski definition) is 0. The molecule has 2 bridgehead atoms. The Labute approximate surface area is 155 Å². The fraction of sp³-hybridized carbons (Fsp3) is 0.389. The summed E-state index contributed by atoms with van der Waals surface area (Å²) in [5.41, 5.74) is 0.595. The first-order valence-corrected chi connectivity index (χ1v) is 8.98. The van der Waals surface area contributed by atoms with E-state index in [4.69, 9.17) is 27.9 Å². The van der Waals surface area contributed by atoms with Crippen LogP contribution < -0.4 is 4.74 Å². The summed E-state index contributed by atoms with van der Waals surface area (Å²) in [6.07, 6.45) is 6.43. The third kappa shape index (κ3) is 2.57. The van der Waals surface area contributed by atoms with E-state index < -0.39 is 0 Å². The average molecular weight is 379 g/mol. The van der Waals surface area contributed by atoms with E-state index in [1.54, 1.807) is 12.1 Å². The summed E-state index contributed by atoms with van der Waals surface area (Å²) in [5.74, 6) is -0.202. The van der Waals surface area contributed by atoms with Crippen molar-refractivity contribution in [2.75, 3.05) is 6.61 Å². The van der Waals surface area contributed by atoms with Crippen molar-refractivity contribution in [2.24, 2.45) is 28.8 Å². The highest BCUT2D eigenvalue weighted by atomic mass is 35.5. The summed E-state index contributed by atoms with van der Waals surface area (Å²) >= 11 is 12.3. The minimum Gasteiger partial charge on any atom is -0.491 e. The van der Waals surface area contributed by atoms with E-state index >= 15 is 0 Å². The summed E-state index contributed by atoms with van der Waals surface area (Å²) in [7, 11) is 0. The van der Waals surface area contributed by atoms with Crippen LogP contribution in [0, 0.1) is 23.7 Å². The van der Waals surface area contributed by atoms with E-state index in [1.807, 2.05) is 6.92 Å². The lowest BCUT2D eigenvalue weighted by Crippen LogP contribution is -2.28. The third-order valence-corrected chi connectivity index (χ3v) is 5.64. The van der Waals surface area contributed by atoms with Gasteiger partial charge in [0.25, 0.3) is 11.8 Å². The fourth-order valence-corrected chi connectivity index (χ4v) is 4.67. The molecule has 3 aliphatic rings. The van der Waals surface area contributed by atoms with E-state index in [0.717, 1.165) is 11.4 Å². The Morgan fingerprint density at radius 2 is 1.72 bits per heavy atom. The van der Waals surface area contributed by atoms with Crippen molar-refractivity contribution >= 4 is 41.2 Å². The highest BCUT2D eigenvalue weighted by Gasteiger charge is 2.59. The number of ether oxygens (including phenoxy) is 1. The molecule has 0 spiro atoms. The van der Waals surface area contributed by atoms with Crippen molar-refractivity contribution < 1.29 is 14.3 Å². The zero-order valence-corrected chi connectivity index (χ0v) is 15.0. The van der Waals surface area contributed by atoms with Gasteiger partial charge in [-0.3, -0.25) is 9.59 Å². The number of imide groups is 1. The van der Waals surface area contributed by atoms with Gasteiger partial charge in [0.05, 0.1) is 34.7 Å². The van der Waals surface area contributed by atoms with Crippen molar-refractivity contribution in [3.05, 3.63) is 39.9 Å². The summed E-state index contributed by atoms with van der Waals surface area (Å²) in [6.45, 7) is 2.29. The molecule has 0 N–H and O–H groups in total. The van der Waals surface area contributed by atoms with Crippen LogP contribution in [-0.4, -0.2) is 29.6 Å². The number of benzene rings is 1. The predicted octanol–water partition coefficient (Wildman–Crippen LogP) is 3.53. The summed E-state index contributed by atoms with van der Waals surface area (Å²) < 4.78 is 5.38. The van der Waals surface area contributed by atoms with Crippen LogP contribution in [-0.2, 0) is 9.59 Å². The number of fused-ring (bicyclic) bond motifs is 5. The van der Waals surface area contributed by atoms with Gasteiger partial charge in [0.2, 0.25) is 0 Å². The molecule has 5 nitrogen and oxygen atoms in total. The van der Waals surface area contributed by atoms with Gasteiger partial charge in [0, 0.05) is 0 Å². The molecular weight excluding hydrogens is 363 g/mol. The van der Waals surface area contributed by atoms with Crippen LogP contribution in [0.15, 0.2) is 29.4 Å². The Morgan fingerprint density at radius 1 is 1.16 bits per heavy atom. The number of hydrazone groups is 1. The molecular formula is C18H16Cl2N2O3. The second-order valence-electron chi connectivity index (χ2n) is 6.48. The number of amides is 2. The number of rotatable bonds is 4. The topological polar surface area (TPSA) is 59.0 Å². The molecule has 0 aromatic heterocycles. The van der Waals surface area contributed by atoms with Gasteiger partial charge in [-0.2, -0.15) is 10.1 Å². The van der Waals surface area contributed by atoms with Crippen molar-refractivity contribution in [2.45, 2.75) is 13.3 Å². The van der Waals surface area contributed by atoms with Gasteiger partial charge in [-0.05, 0) is 42.9 Å². The van der Waals surface area contributed by atoms with E-state index in [2.05, 4.69) is 17.3 Å². The molecule has 1 heterocycles. The Balaban J connectivity index is 1.57. The van der Waals surface area contributed by atoms with E-state index in [1.165, 1.54) is 6.21 Å². The number of carbonyl (C=O) groups excluding carboxylic acids is 2. The first-order chi connectivity index (χ1) is 12.0. The number of hydrogen-bond acceptors (Lipinski definition) is 4. The molecule has 130 valence electrons. The molecule has 4 unspecified atom stereocenters. The summed E-state index contributed by atoms with van der Waals surface area (Å²) in [5, 5.41) is 5.83. The molecule has 1 aliphatic heterocycles. The van der Waals surface area contributed by atoms with E-state index in [0.29, 0.717) is 28.0 Å². The Bertz CT molecular complexity index is 768. The van der Waals surface area contributed by atoms with E-state index in [-0.39, 0.29) is 35.5 Å². The monoisotopic (exact) mass is 378 g/mol. The quantitative estimate of drug-likeness (QED) is 0.457. The zero-order valence-electron chi connectivity index (χ0n) is 13.5. The SMILES string of the molecule is CCOc1c(Cl)cc(C=NN2C(=O)C3C4C=CC(C4)C3C2=O)cc1Cl. The highest BCUT2D eigenvalue weighted by molar-refractivity contribution is 6.37. The minimum atomic E-state index is -0.257. The smallest absolute Gasteiger partial charge is 0.254 e. The normalized spacial score (nSPS) is 30.0. The van der Waals surface area contributed by atoms with Crippen LogP contribution in [0.1, 0.15) is 18.9 Å². The molecule has 7 heteroatoms. The Kier molecular flexibility index (Phi) is 4.08. The molecule has 1 saturated carbocycles. The molecule has 2 aliphatic carbocycles. The third-order valence-electron chi connectivity index (χ3n) is 5.08. The van der Waals surface area contributed by atoms with Crippen molar-refractivity contribution in [1.82, 2.24) is 5.01 Å². The zero-order chi connectivity index (χ0) is 17.7. The maximum atomic E-state index is 12.6. The molecule has 25 heavy (non-hydrogen) atoms. The number of allylic oxidation sites excluding steroid dienone is 2.